The molecule has 10 heteroatoms. The van der Waals surface area contributed by atoms with Gasteiger partial charge in [0, 0.05) is 36.6 Å². The summed E-state index contributed by atoms with van der Waals surface area (Å²) in [5.74, 6) is 2.92. The zero-order valence-corrected chi connectivity index (χ0v) is 21.6. The molecular weight excluding hydrogens is 490 g/mol. The summed E-state index contributed by atoms with van der Waals surface area (Å²) in [6.45, 7) is 3.65. The molecule has 8 nitrogen and oxygen atoms in total. The first-order valence-corrected chi connectivity index (χ1v) is 13.2. The first-order chi connectivity index (χ1) is 17.6. The Morgan fingerprint density at radius 3 is 2.72 bits per heavy atom. The molecule has 1 fully saturated rings. The Kier molecular flexibility index (Phi) is 7.73. The smallest absolute Gasteiger partial charge is 0.232 e. The predicted molar refractivity (Wildman–Crippen MR) is 146 cm³/mol. The van der Waals surface area contributed by atoms with Crippen molar-refractivity contribution >= 4 is 40.9 Å². The number of aromatic nitrogens is 4. The van der Waals surface area contributed by atoms with E-state index < -0.39 is 0 Å². The van der Waals surface area contributed by atoms with E-state index in [-0.39, 0.29) is 0 Å². The standard InChI is InChI=1S/C26H27N7OS2/c1-18-8-5-6-15-33(18)22-16-23(36-26-27-13-7-14-28-26)31-24(30-22)32-25(35)29-17-20-11-12-21(34-20)19-9-3-2-4-10-19/h2-4,7,9-14,16,18H,5-6,8,15,17H2,1H3,(H2,29,30,31,32,35)/t18-/m0/s1. The largest absolute Gasteiger partial charge is 0.459 e. The first kappa shape index (κ1) is 24.2. The molecule has 0 amide bonds. The minimum absolute atomic E-state index is 0.412. The highest BCUT2D eigenvalue weighted by Crippen LogP contribution is 2.30. The van der Waals surface area contributed by atoms with E-state index in [1.165, 1.54) is 18.2 Å². The first-order valence-electron chi connectivity index (χ1n) is 11.9. The summed E-state index contributed by atoms with van der Waals surface area (Å²) in [5.41, 5.74) is 1.04. The van der Waals surface area contributed by atoms with Crippen LogP contribution < -0.4 is 15.5 Å². The topological polar surface area (TPSA) is 92.0 Å². The van der Waals surface area contributed by atoms with Crippen molar-refractivity contribution in [2.24, 2.45) is 0 Å². The third-order valence-electron chi connectivity index (χ3n) is 5.89. The van der Waals surface area contributed by atoms with E-state index in [1.807, 2.05) is 48.5 Å². The molecular formula is C26H27N7OS2. The van der Waals surface area contributed by atoms with Crippen molar-refractivity contribution in [3.05, 3.63) is 72.8 Å². The Hall–Kier alpha value is -3.50. The molecule has 0 saturated carbocycles. The van der Waals surface area contributed by atoms with Gasteiger partial charge in [-0.1, -0.05) is 30.3 Å². The van der Waals surface area contributed by atoms with E-state index in [1.54, 1.807) is 18.5 Å². The molecule has 36 heavy (non-hydrogen) atoms. The maximum atomic E-state index is 5.96. The van der Waals surface area contributed by atoms with Crippen LogP contribution in [0.3, 0.4) is 0 Å². The van der Waals surface area contributed by atoms with Crippen molar-refractivity contribution in [2.75, 3.05) is 16.8 Å². The molecule has 5 rings (SSSR count). The molecule has 1 aromatic carbocycles. The number of furan rings is 1. The number of hydrogen-bond acceptors (Lipinski definition) is 8. The molecule has 1 saturated heterocycles. The van der Waals surface area contributed by atoms with Gasteiger partial charge in [0.05, 0.1) is 6.54 Å². The van der Waals surface area contributed by atoms with Gasteiger partial charge in [0.25, 0.3) is 0 Å². The molecule has 3 aromatic heterocycles. The summed E-state index contributed by atoms with van der Waals surface area (Å²) >= 11 is 6.94. The van der Waals surface area contributed by atoms with E-state index in [0.717, 1.165) is 47.3 Å². The minimum atomic E-state index is 0.412. The summed E-state index contributed by atoms with van der Waals surface area (Å²) in [7, 11) is 0. The van der Waals surface area contributed by atoms with Crippen LogP contribution >= 0.6 is 24.0 Å². The number of benzene rings is 1. The van der Waals surface area contributed by atoms with E-state index >= 15 is 0 Å². The van der Waals surface area contributed by atoms with Gasteiger partial charge in [0.15, 0.2) is 10.3 Å². The van der Waals surface area contributed by atoms with Gasteiger partial charge in [-0.15, -0.1) is 0 Å². The zero-order valence-electron chi connectivity index (χ0n) is 19.9. The summed E-state index contributed by atoms with van der Waals surface area (Å²) in [6, 6.07) is 18.1. The van der Waals surface area contributed by atoms with Gasteiger partial charge in [0.1, 0.15) is 22.4 Å². The molecule has 4 heterocycles. The van der Waals surface area contributed by atoms with Crippen LogP contribution in [0.1, 0.15) is 31.9 Å². The summed E-state index contributed by atoms with van der Waals surface area (Å²) in [5, 5.41) is 8.15. The summed E-state index contributed by atoms with van der Waals surface area (Å²) in [4.78, 5) is 20.4. The molecule has 0 radical (unpaired) electrons. The normalized spacial score (nSPS) is 15.5. The quantitative estimate of drug-likeness (QED) is 0.185. The number of rotatable bonds is 7. The molecule has 1 aliphatic heterocycles. The second-order valence-corrected chi connectivity index (χ2v) is 9.90. The fraction of sp³-hybridized carbons (Fsp3) is 0.269. The minimum Gasteiger partial charge on any atom is -0.459 e. The van der Waals surface area contributed by atoms with Gasteiger partial charge in [-0.2, -0.15) is 4.98 Å². The molecule has 184 valence electrons. The van der Waals surface area contributed by atoms with Crippen molar-refractivity contribution < 1.29 is 4.42 Å². The van der Waals surface area contributed by atoms with Gasteiger partial charge < -0.3 is 20.0 Å². The SMILES string of the molecule is C[C@H]1CCCCN1c1cc(Sc2ncccn2)nc(NC(=S)NCc2ccc(-c3ccccc3)o2)n1. The lowest BCUT2D eigenvalue weighted by Crippen LogP contribution is -2.38. The lowest BCUT2D eigenvalue weighted by Gasteiger charge is -2.34. The Balaban J connectivity index is 1.29. The van der Waals surface area contributed by atoms with Crippen LogP contribution in [-0.2, 0) is 6.54 Å². The second-order valence-electron chi connectivity index (χ2n) is 8.50. The number of nitrogens with zero attached hydrogens (tertiary/aromatic N) is 5. The Morgan fingerprint density at radius 2 is 1.92 bits per heavy atom. The highest BCUT2D eigenvalue weighted by molar-refractivity contribution is 7.99. The van der Waals surface area contributed by atoms with Crippen molar-refractivity contribution in [3.63, 3.8) is 0 Å². The molecule has 0 unspecified atom stereocenters. The van der Waals surface area contributed by atoms with Crippen LogP contribution in [0.2, 0.25) is 0 Å². The molecule has 1 aliphatic rings. The molecule has 0 aliphatic carbocycles. The fourth-order valence-electron chi connectivity index (χ4n) is 4.08. The van der Waals surface area contributed by atoms with E-state index in [9.17, 15) is 0 Å². The number of nitrogens with one attached hydrogen (secondary N) is 2. The van der Waals surface area contributed by atoms with Crippen LogP contribution in [0.5, 0.6) is 0 Å². The van der Waals surface area contributed by atoms with Crippen LogP contribution in [0.15, 0.2) is 81.6 Å². The fourth-order valence-corrected chi connectivity index (χ4v) is 4.96. The molecule has 1 atom stereocenters. The number of piperidine rings is 1. The van der Waals surface area contributed by atoms with Crippen LogP contribution in [-0.4, -0.2) is 37.6 Å². The monoisotopic (exact) mass is 517 g/mol. The van der Waals surface area contributed by atoms with E-state index in [2.05, 4.69) is 37.4 Å². The zero-order chi connectivity index (χ0) is 24.7. The summed E-state index contributed by atoms with van der Waals surface area (Å²) in [6.07, 6.45) is 6.97. The second kappa shape index (κ2) is 11.5. The average Bonchev–Trinajstić information content (AvgIpc) is 3.38. The predicted octanol–water partition coefficient (Wildman–Crippen LogP) is 5.54. The van der Waals surface area contributed by atoms with Crippen molar-refractivity contribution in [2.45, 2.75) is 49.0 Å². The van der Waals surface area contributed by atoms with Gasteiger partial charge >= 0.3 is 0 Å². The highest BCUT2D eigenvalue weighted by Gasteiger charge is 2.21. The maximum Gasteiger partial charge on any atom is 0.232 e. The Labute approximate surface area is 220 Å². The average molecular weight is 518 g/mol. The van der Waals surface area contributed by atoms with Gasteiger partial charge in [-0.05, 0) is 68.4 Å². The van der Waals surface area contributed by atoms with E-state index in [0.29, 0.717) is 28.8 Å². The van der Waals surface area contributed by atoms with Gasteiger partial charge in [0.2, 0.25) is 5.95 Å². The highest BCUT2D eigenvalue weighted by atomic mass is 32.2. The van der Waals surface area contributed by atoms with Crippen molar-refractivity contribution in [1.29, 1.82) is 0 Å². The maximum absolute atomic E-state index is 5.96. The molecule has 0 bridgehead atoms. The number of thiocarbonyl (C=S) groups is 1. The third kappa shape index (κ3) is 6.19. The van der Waals surface area contributed by atoms with E-state index in [4.69, 9.17) is 21.6 Å². The third-order valence-corrected chi connectivity index (χ3v) is 6.95. The molecule has 4 aromatic rings. The molecule has 2 N–H and O–H groups in total. The summed E-state index contributed by atoms with van der Waals surface area (Å²) < 4.78 is 5.96. The lowest BCUT2D eigenvalue weighted by atomic mass is 10.0. The van der Waals surface area contributed by atoms with Crippen molar-refractivity contribution in [3.8, 4) is 11.3 Å². The number of hydrogen-bond donors (Lipinski definition) is 2. The Morgan fingerprint density at radius 1 is 1.08 bits per heavy atom. The van der Waals surface area contributed by atoms with Crippen LogP contribution in [0, 0.1) is 0 Å². The van der Waals surface area contributed by atoms with Crippen molar-refractivity contribution in [1.82, 2.24) is 25.3 Å². The van der Waals surface area contributed by atoms with Gasteiger partial charge in [-0.25, -0.2) is 15.0 Å². The lowest BCUT2D eigenvalue weighted by molar-refractivity contribution is 0.480. The van der Waals surface area contributed by atoms with Crippen LogP contribution in [0.4, 0.5) is 11.8 Å². The molecule has 0 spiro atoms. The Bertz CT molecular complexity index is 1300. The van der Waals surface area contributed by atoms with Crippen LogP contribution in [0.25, 0.3) is 11.3 Å². The van der Waals surface area contributed by atoms with Gasteiger partial charge in [-0.3, -0.25) is 0 Å². The number of anilines is 2.